The van der Waals surface area contributed by atoms with Crippen molar-refractivity contribution < 1.29 is 61.3 Å². The van der Waals surface area contributed by atoms with Gasteiger partial charge in [-0.05, 0) is 24.6 Å². The van der Waals surface area contributed by atoms with E-state index in [1.807, 2.05) is 0 Å². The lowest BCUT2D eigenvalue weighted by Crippen LogP contribution is -2.41. The monoisotopic (exact) mass is 714 g/mol. The minimum atomic E-state index is -1.70. The van der Waals surface area contributed by atoms with Crippen molar-refractivity contribution in [1.29, 1.82) is 0 Å². The molecule has 0 heterocycles. The second kappa shape index (κ2) is 34.7. The zero-order valence-corrected chi connectivity index (χ0v) is 32.2. The number of carbonyl (C=O) groups excluding carboxylic acids is 1. The topological polar surface area (TPSA) is 128 Å². The van der Waals surface area contributed by atoms with Crippen LogP contribution >= 0.6 is 0 Å². The van der Waals surface area contributed by atoms with Crippen LogP contribution in [-0.4, -0.2) is 160 Å². The Bertz CT molecular complexity index is 680. The summed E-state index contributed by atoms with van der Waals surface area (Å²) in [4.78, 5) is 11.5. The molecule has 0 unspecified atom stereocenters. The predicted molar refractivity (Wildman–Crippen MR) is 186 cm³/mol. The quantitative estimate of drug-likeness (QED) is 0.0513. The number of carbonyl (C=O) groups is 1. The zero-order valence-electron chi connectivity index (χ0n) is 31.2. The van der Waals surface area contributed by atoms with Crippen LogP contribution in [0, 0.1) is 0 Å². The van der Waals surface area contributed by atoms with Crippen molar-refractivity contribution in [1.82, 2.24) is 0 Å². The summed E-state index contributed by atoms with van der Waals surface area (Å²) in [6.07, 6.45) is 3.50. The Morgan fingerprint density at radius 2 is 0.708 bits per heavy atom. The molecule has 0 fully saturated rings. The van der Waals surface area contributed by atoms with Gasteiger partial charge in [-0.3, -0.25) is 4.79 Å². The van der Waals surface area contributed by atoms with Gasteiger partial charge in [0.15, 0.2) is 8.32 Å². The highest BCUT2D eigenvalue weighted by molar-refractivity contribution is 6.74. The zero-order chi connectivity index (χ0) is 35.4. The smallest absolute Gasteiger partial charge is 0.305 e. The molecule has 0 aromatic carbocycles. The van der Waals surface area contributed by atoms with Gasteiger partial charge in [-0.15, -0.1) is 0 Å². The van der Waals surface area contributed by atoms with Gasteiger partial charge in [0.25, 0.3) is 0 Å². The van der Waals surface area contributed by atoms with Crippen LogP contribution in [0.25, 0.3) is 0 Å². The number of esters is 1. The first kappa shape index (κ1) is 47.2. The van der Waals surface area contributed by atoms with Gasteiger partial charge in [-0.2, -0.15) is 0 Å². The molecule has 0 aromatic heterocycles. The summed E-state index contributed by atoms with van der Waals surface area (Å²) in [5.74, 6) is -0.159. The first-order valence-corrected chi connectivity index (χ1v) is 20.7. The molecule has 0 aliphatic carbocycles. The van der Waals surface area contributed by atoms with E-state index >= 15 is 0 Å². The van der Waals surface area contributed by atoms with E-state index in [9.17, 15) is 4.79 Å². The fraction of sp³-hybridized carbons (Fsp3) is 0.971. The average Bonchev–Trinajstić information content (AvgIpc) is 3.04. The van der Waals surface area contributed by atoms with Gasteiger partial charge in [0.2, 0.25) is 0 Å². The molecule has 14 heteroatoms. The van der Waals surface area contributed by atoms with Gasteiger partial charge in [0.05, 0.1) is 139 Å². The van der Waals surface area contributed by atoms with Crippen LogP contribution in [0.5, 0.6) is 0 Å². The summed E-state index contributed by atoms with van der Waals surface area (Å²) in [6, 6.07) is 0. The van der Waals surface area contributed by atoms with Gasteiger partial charge >= 0.3 is 5.97 Å². The highest BCUT2D eigenvalue weighted by atomic mass is 28.4. The normalized spacial score (nSPS) is 12.2. The molecule has 0 aliphatic heterocycles. The van der Waals surface area contributed by atoms with E-state index in [2.05, 4.69) is 40.8 Å². The predicted octanol–water partition coefficient (Wildman–Crippen LogP) is 4.30. The number of rotatable bonds is 38. The molecule has 0 saturated heterocycles. The number of unbranched alkanes of at least 4 members (excludes halogenated alkanes) is 2. The molecule has 0 bridgehead atoms. The van der Waals surface area contributed by atoms with Crippen LogP contribution in [-0.2, 0) is 61.3 Å². The van der Waals surface area contributed by atoms with Crippen molar-refractivity contribution in [3.63, 3.8) is 0 Å². The second-order valence-corrected chi connectivity index (χ2v) is 17.2. The lowest BCUT2D eigenvalue weighted by molar-refractivity contribution is -0.145. The van der Waals surface area contributed by atoms with Crippen LogP contribution in [0.2, 0.25) is 18.1 Å². The third kappa shape index (κ3) is 33.7. The van der Waals surface area contributed by atoms with E-state index in [0.29, 0.717) is 145 Å². The Labute approximate surface area is 292 Å². The molecular formula is C34H70O13Si. The van der Waals surface area contributed by atoms with Crippen molar-refractivity contribution >= 4 is 14.3 Å². The first-order chi connectivity index (χ1) is 23.2. The van der Waals surface area contributed by atoms with Gasteiger partial charge < -0.3 is 56.5 Å². The molecule has 0 spiro atoms. The number of ether oxygens (including phenoxy) is 11. The number of hydrogen-bond acceptors (Lipinski definition) is 13. The molecule has 0 rings (SSSR count). The molecule has 0 amide bonds. The molecule has 0 saturated carbocycles. The van der Waals surface area contributed by atoms with E-state index in [-0.39, 0.29) is 17.6 Å². The Kier molecular flexibility index (Phi) is 34.1. The molecule has 48 heavy (non-hydrogen) atoms. The Morgan fingerprint density at radius 3 is 0.979 bits per heavy atom. The summed E-state index contributed by atoms with van der Waals surface area (Å²) in [5, 5.41) is 0.215. The van der Waals surface area contributed by atoms with Crippen LogP contribution in [0.4, 0.5) is 0 Å². The third-order valence-corrected chi connectivity index (χ3v) is 11.9. The van der Waals surface area contributed by atoms with Gasteiger partial charge in [0, 0.05) is 6.42 Å². The maximum absolute atomic E-state index is 11.5. The van der Waals surface area contributed by atoms with Crippen molar-refractivity contribution in [2.24, 2.45) is 0 Å². The average molecular weight is 715 g/mol. The van der Waals surface area contributed by atoms with E-state index in [1.54, 1.807) is 0 Å². The van der Waals surface area contributed by atoms with E-state index < -0.39 is 8.32 Å². The minimum absolute atomic E-state index is 0.159. The van der Waals surface area contributed by atoms with E-state index in [1.165, 1.54) is 0 Å². The maximum atomic E-state index is 11.5. The van der Waals surface area contributed by atoms with Gasteiger partial charge in [-0.1, -0.05) is 40.5 Å². The SMILES string of the molecule is CCCCCC(=O)OCCOCCOCCOCCOCCOCCOCCOCCOCCOCCOCCO[Si](C)(C)C(C)(C)C. The summed E-state index contributed by atoms with van der Waals surface area (Å²) < 4.78 is 66.0. The van der Waals surface area contributed by atoms with Gasteiger partial charge in [-0.25, -0.2) is 0 Å². The lowest BCUT2D eigenvalue weighted by atomic mass is 10.2. The van der Waals surface area contributed by atoms with Gasteiger partial charge in [0.1, 0.15) is 6.61 Å². The summed E-state index contributed by atoms with van der Waals surface area (Å²) in [5.41, 5.74) is 0. The Hall–Kier alpha value is -0.753. The second-order valence-electron chi connectivity index (χ2n) is 12.4. The largest absolute Gasteiger partial charge is 0.463 e. The Morgan fingerprint density at radius 1 is 0.438 bits per heavy atom. The van der Waals surface area contributed by atoms with Crippen LogP contribution in [0.3, 0.4) is 0 Å². The van der Waals surface area contributed by atoms with E-state index in [4.69, 9.17) is 56.5 Å². The molecule has 13 nitrogen and oxygen atoms in total. The first-order valence-electron chi connectivity index (χ1n) is 17.8. The molecule has 0 atom stereocenters. The highest BCUT2D eigenvalue weighted by Gasteiger charge is 2.36. The molecule has 0 aromatic rings. The Balaban J connectivity index is 3.14. The molecule has 288 valence electrons. The highest BCUT2D eigenvalue weighted by Crippen LogP contribution is 2.36. The van der Waals surface area contributed by atoms with Crippen molar-refractivity contribution in [3.05, 3.63) is 0 Å². The van der Waals surface area contributed by atoms with Crippen LogP contribution in [0.1, 0.15) is 53.4 Å². The van der Waals surface area contributed by atoms with Crippen molar-refractivity contribution in [2.75, 3.05) is 145 Å². The molecule has 0 radical (unpaired) electrons. The fourth-order valence-corrected chi connectivity index (χ4v) is 4.49. The molecule has 0 N–H and O–H groups in total. The standard InChI is InChI=1S/C34H70O13Si/c1-7-8-9-10-33(35)46-31-29-44-27-25-42-23-21-40-19-17-38-15-13-36-11-12-37-14-16-39-18-20-41-22-24-43-26-28-45-30-32-47-48(5,6)34(2,3)4/h7-32H2,1-6H3. The van der Waals surface area contributed by atoms with Crippen molar-refractivity contribution in [2.45, 2.75) is 71.5 Å². The van der Waals surface area contributed by atoms with Crippen LogP contribution < -0.4 is 0 Å². The summed E-state index contributed by atoms with van der Waals surface area (Å²) in [6.45, 7) is 24.3. The fourth-order valence-electron chi connectivity index (χ4n) is 3.46. The number of hydrogen-bond donors (Lipinski definition) is 0. The third-order valence-electron chi connectivity index (χ3n) is 7.32. The summed E-state index contributed by atoms with van der Waals surface area (Å²) in [7, 11) is -1.70. The summed E-state index contributed by atoms with van der Waals surface area (Å²) >= 11 is 0. The molecular weight excluding hydrogens is 644 g/mol. The minimum Gasteiger partial charge on any atom is -0.463 e. The van der Waals surface area contributed by atoms with Crippen LogP contribution in [0.15, 0.2) is 0 Å². The lowest BCUT2D eigenvalue weighted by Gasteiger charge is -2.36. The maximum Gasteiger partial charge on any atom is 0.305 e. The molecule has 0 aliphatic rings. The van der Waals surface area contributed by atoms with Crippen molar-refractivity contribution in [3.8, 4) is 0 Å². The van der Waals surface area contributed by atoms with E-state index in [0.717, 1.165) is 19.3 Å².